The summed E-state index contributed by atoms with van der Waals surface area (Å²) in [7, 11) is -2.23. The minimum absolute atomic E-state index is 0.181. The number of rotatable bonds is 3. The Morgan fingerprint density at radius 3 is 2.58 bits per heavy atom. The van der Waals surface area contributed by atoms with Crippen molar-refractivity contribution in [2.75, 3.05) is 26.7 Å². The van der Waals surface area contributed by atoms with Crippen molar-refractivity contribution in [2.45, 2.75) is 32.7 Å². The van der Waals surface area contributed by atoms with E-state index in [1.54, 1.807) is 6.92 Å². The molecule has 24 heavy (non-hydrogen) atoms. The predicted molar refractivity (Wildman–Crippen MR) is 90.4 cm³/mol. The molecule has 7 heteroatoms. The van der Waals surface area contributed by atoms with Crippen LogP contribution in [0.5, 0.6) is 0 Å². The van der Waals surface area contributed by atoms with Crippen LogP contribution in [0.3, 0.4) is 0 Å². The Morgan fingerprint density at radius 2 is 1.88 bits per heavy atom. The smallest absolute Gasteiger partial charge is 0.312 e. The van der Waals surface area contributed by atoms with E-state index in [2.05, 4.69) is 6.07 Å². The molecule has 0 spiro atoms. The fraction of sp³-hybridized carbons (Fsp3) is 0.588. The average Bonchev–Trinajstić information content (AvgIpc) is 2.60. The first kappa shape index (κ1) is 17.4. The minimum atomic E-state index is -3.58. The van der Waals surface area contributed by atoms with Gasteiger partial charge in [0, 0.05) is 26.2 Å². The molecule has 0 aromatic heterocycles. The molecular weight excluding hydrogens is 328 g/mol. The van der Waals surface area contributed by atoms with Gasteiger partial charge in [-0.05, 0) is 37.3 Å². The van der Waals surface area contributed by atoms with Crippen LogP contribution < -0.4 is 0 Å². The van der Waals surface area contributed by atoms with Gasteiger partial charge in [-0.3, -0.25) is 4.79 Å². The molecule has 0 N–H and O–H groups in total. The lowest BCUT2D eigenvalue weighted by Crippen LogP contribution is -2.53. The van der Waals surface area contributed by atoms with Crippen LogP contribution in [0.15, 0.2) is 24.3 Å². The zero-order valence-corrected chi connectivity index (χ0v) is 15.0. The third-order valence-corrected chi connectivity index (χ3v) is 7.02. The van der Waals surface area contributed by atoms with Gasteiger partial charge >= 0.3 is 5.97 Å². The molecular formula is C17H24N2O4S. The van der Waals surface area contributed by atoms with Gasteiger partial charge in [-0.1, -0.05) is 24.3 Å². The molecule has 2 aliphatic rings. The molecule has 1 aromatic carbocycles. The van der Waals surface area contributed by atoms with E-state index in [1.807, 2.05) is 18.2 Å². The van der Waals surface area contributed by atoms with Gasteiger partial charge in [0.25, 0.3) is 10.2 Å². The second-order valence-corrected chi connectivity index (χ2v) is 8.78. The van der Waals surface area contributed by atoms with E-state index in [4.69, 9.17) is 4.74 Å². The number of nitrogens with zero attached hydrogens (tertiary/aromatic N) is 2. The van der Waals surface area contributed by atoms with Crippen LogP contribution in [0, 0.1) is 5.41 Å². The largest absolute Gasteiger partial charge is 0.469 e. The summed E-state index contributed by atoms with van der Waals surface area (Å²) >= 11 is 0. The summed E-state index contributed by atoms with van der Waals surface area (Å²) in [5, 5.41) is 0. The van der Waals surface area contributed by atoms with Crippen molar-refractivity contribution in [3.63, 3.8) is 0 Å². The first-order chi connectivity index (χ1) is 11.4. The number of hydrogen-bond acceptors (Lipinski definition) is 4. The maximum atomic E-state index is 13.0. The topological polar surface area (TPSA) is 66.9 Å². The van der Waals surface area contributed by atoms with Crippen molar-refractivity contribution in [2.24, 2.45) is 5.41 Å². The van der Waals surface area contributed by atoms with Gasteiger partial charge in [-0.25, -0.2) is 0 Å². The predicted octanol–water partition coefficient (Wildman–Crippen LogP) is 1.56. The SMILES string of the molecule is COC(=O)C1(C)CCCN(S(=O)(=O)N2CCc3ccccc3C2)C1. The number of fused-ring (bicyclic) bond motifs is 1. The van der Waals surface area contributed by atoms with Crippen LogP contribution in [0.4, 0.5) is 0 Å². The summed E-state index contributed by atoms with van der Waals surface area (Å²) in [5.41, 5.74) is 1.50. The van der Waals surface area contributed by atoms with Gasteiger partial charge < -0.3 is 4.74 Å². The van der Waals surface area contributed by atoms with E-state index < -0.39 is 15.6 Å². The minimum Gasteiger partial charge on any atom is -0.469 e. The van der Waals surface area contributed by atoms with Crippen molar-refractivity contribution in [1.82, 2.24) is 8.61 Å². The Labute approximate surface area is 143 Å². The second kappa shape index (κ2) is 6.46. The number of carbonyl (C=O) groups is 1. The molecule has 2 aliphatic heterocycles. The van der Waals surface area contributed by atoms with Gasteiger partial charge in [0.2, 0.25) is 0 Å². The van der Waals surface area contributed by atoms with E-state index in [-0.39, 0.29) is 12.5 Å². The van der Waals surface area contributed by atoms with Crippen molar-refractivity contribution in [3.8, 4) is 0 Å². The highest BCUT2D eigenvalue weighted by Gasteiger charge is 2.44. The molecule has 1 fully saturated rings. The Morgan fingerprint density at radius 1 is 1.17 bits per heavy atom. The molecule has 1 aromatic rings. The quantitative estimate of drug-likeness (QED) is 0.775. The number of esters is 1. The van der Waals surface area contributed by atoms with Crippen LogP contribution in [0.2, 0.25) is 0 Å². The summed E-state index contributed by atoms with van der Waals surface area (Å²) in [6.45, 7) is 3.29. The lowest BCUT2D eigenvalue weighted by Gasteiger charge is -2.40. The maximum absolute atomic E-state index is 13.0. The molecule has 0 aliphatic carbocycles. The molecule has 0 radical (unpaired) electrons. The molecule has 2 heterocycles. The van der Waals surface area contributed by atoms with Gasteiger partial charge in [0.05, 0.1) is 12.5 Å². The molecule has 0 saturated carbocycles. The molecule has 1 unspecified atom stereocenters. The first-order valence-corrected chi connectivity index (χ1v) is 9.67. The van der Waals surface area contributed by atoms with Crippen LogP contribution >= 0.6 is 0 Å². The standard InChI is InChI=1S/C17H24N2O4S/c1-17(16(20)23-2)9-5-10-19(13-17)24(21,22)18-11-8-14-6-3-4-7-15(14)12-18/h3-4,6-7H,5,8-13H2,1-2H3. The number of carbonyl (C=O) groups excluding carboxylic acids is 1. The normalized spacial score (nSPS) is 25.9. The number of hydrogen-bond donors (Lipinski definition) is 0. The summed E-state index contributed by atoms with van der Waals surface area (Å²) < 4.78 is 33.9. The maximum Gasteiger partial charge on any atom is 0.312 e. The zero-order chi connectivity index (χ0) is 17.4. The fourth-order valence-electron chi connectivity index (χ4n) is 3.63. The van der Waals surface area contributed by atoms with Crippen molar-refractivity contribution < 1.29 is 17.9 Å². The molecule has 6 nitrogen and oxygen atoms in total. The summed E-state index contributed by atoms with van der Waals surface area (Å²) in [5.74, 6) is -0.341. The third kappa shape index (κ3) is 3.08. The van der Waals surface area contributed by atoms with Crippen LogP contribution in [-0.2, 0) is 32.7 Å². The van der Waals surface area contributed by atoms with E-state index in [0.717, 1.165) is 12.0 Å². The number of ether oxygens (including phenoxy) is 1. The van der Waals surface area contributed by atoms with Gasteiger partial charge in [0.15, 0.2) is 0 Å². The van der Waals surface area contributed by atoms with Crippen LogP contribution in [-0.4, -0.2) is 49.7 Å². The van der Waals surface area contributed by atoms with Gasteiger partial charge in [0.1, 0.15) is 0 Å². The summed E-state index contributed by atoms with van der Waals surface area (Å²) in [4.78, 5) is 12.0. The molecule has 0 bridgehead atoms. The van der Waals surface area contributed by atoms with E-state index in [1.165, 1.54) is 21.3 Å². The number of piperidine rings is 1. The number of benzene rings is 1. The highest BCUT2D eigenvalue weighted by atomic mass is 32.2. The molecule has 0 amide bonds. The summed E-state index contributed by atoms with van der Waals surface area (Å²) in [6.07, 6.45) is 2.03. The Bertz CT molecular complexity index is 734. The van der Waals surface area contributed by atoms with Crippen molar-refractivity contribution >= 4 is 16.2 Å². The lowest BCUT2D eigenvalue weighted by atomic mass is 9.83. The van der Waals surface area contributed by atoms with E-state index in [0.29, 0.717) is 32.5 Å². The van der Waals surface area contributed by atoms with Crippen molar-refractivity contribution in [3.05, 3.63) is 35.4 Å². The average molecular weight is 352 g/mol. The van der Waals surface area contributed by atoms with Crippen LogP contribution in [0.1, 0.15) is 30.9 Å². The zero-order valence-electron chi connectivity index (χ0n) is 14.2. The molecule has 1 atom stereocenters. The second-order valence-electron chi connectivity index (χ2n) is 6.85. The highest BCUT2D eigenvalue weighted by Crippen LogP contribution is 2.33. The fourth-order valence-corrected chi connectivity index (χ4v) is 5.39. The van der Waals surface area contributed by atoms with Crippen molar-refractivity contribution in [1.29, 1.82) is 0 Å². The number of methoxy groups -OCH3 is 1. The van der Waals surface area contributed by atoms with Crippen LogP contribution in [0.25, 0.3) is 0 Å². The Kier molecular flexibility index (Phi) is 4.68. The molecule has 132 valence electrons. The van der Waals surface area contributed by atoms with E-state index >= 15 is 0 Å². The first-order valence-electron chi connectivity index (χ1n) is 8.27. The van der Waals surface area contributed by atoms with Gasteiger partial charge in [-0.15, -0.1) is 0 Å². The van der Waals surface area contributed by atoms with Gasteiger partial charge in [-0.2, -0.15) is 17.0 Å². The Hall–Kier alpha value is -1.44. The lowest BCUT2D eigenvalue weighted by molar-refractivity contribution is -0.153. The summed E-state index contributed by atoms with van der Waals surface area (Å²) in [6, 6.07) is 7.94. The molecule has 3 rings (SSSR count). The highest BCUT2D eigenvalue weighted by molar-refractivity contribution is 7.86. The van der Waals surface area contributed by atoms with E-state index in [9.17, 15) is 13.2 Å². The Balaban J connectivity index is 1.80. The molecule has 1 saturated heterocycles. The third-order valence-electron chi connectivity index (χ3n) is 5.09. The monoisotopic (exact) mass is 352 g/mol.